The largest absolute Gasteiger partial charge is 0.496 e. The van der Waals surface area contributed by atoms with Gasteiger partial charge in [0, 0.05) is 5.56 Å². The van der Waals surface area contributed by atoms with Crippen LogP contribution in [0.1, 0.15) is 20.7 Å². The highest BCUT2D eigenvalue weighted by atomic mass is 79.9. The summed E-state index contributed by atoms with van der Waals surface area (Å²) in [5, 5.41) is 0.203. The fourth-order valence-electron chi connectivity index (χ4n) is 1.21. The molecule has 0 spiro atoms. The molecule has 0 fully saturated rings. The third-order valence-electron chi connectivity index (χ3n) is 2.02. The van der Waals surface area contributed by atoms with E-state index in [0.717, 1.165) is 0 Å². The van der Waals surface area contributed by atoms with Gasteiger partial charge in [0.15, 0.2) is 5.78 Å². The van der Waals surface area contributed by atoms with Crippen molar-refractivity contribution in [3.63, 3.8) is 0 Å². The minimum atomic E-state index is -0.513. The molecule has 0 bridgehead atoms. The summed E-state index contributed by atoms with van der Waals surface area (Å²) in [6, 6.07) is 4.62. The number of hydrogen-bond acceptors (Lipinski definition) is 3. The topological polar surface area (TPSA) is 55.7 Å². The Morgan fingerprint density at radius 1 is 1.50 bits per heavy atom. The molecule has 0 heterocycles. The Labute approximate surface area is 101 Å². The van der Waals surface area contributed by atoms with Crippen molar-refractivity contribution in [2.45, 2.75) is 0 Å². The summed E-state index contributed by atoms with van der Waals surface area (Å²) in [7, 11) is 1.45. The predicted molar refractivity (Wildman–Crippen MR) is 65.0 cm³/mol. The van der Waals surface area contributed by atoms with E-state index in [-0.39, 0.29) is 16.7 Å². The maximum Gasteiger partial charge on any atom is 0.280 e. The summed E-state index contributed by atoms with van der Waals surface area (Å²) in [6.45, 7) is 3.16. The second-order valence-electron chi connectivity index (χ2n) is 2.94. The van der Waals surface area contributed by atoms with Crippen LogP contribution in [0.5, 0.6) is 5.75 Å². The number of methoxy groups -OCH3 is 1. The smallest absolute Gasteiger partial charge is 0.280 e. The van der Waals surface area contributed by atoms with Crippen molar-refractivity contribution in [3.05, 3.63) is 29.3 Å². The molecule has 0 aliphatic carbocycles. The molecule has 5 heteroatoms. The van der Waals surface area contributed by atoms with Gasteiger partial charge in [0.1, 0.15) is 5.75 Å². The van der Waals surface area contributed by atoms with E-state index in [1.165, 1.54) is 13.2 Å². The fraction of sp³-hybridized carbons (Fsp3) is 0.182. The number of carbonyl (C=O) groups is 2. The van der Waals surface area contributed by atoms with Gasteiger partial charge in [-0.05, 0) is 24.9 Å². The van der Waals surface area contributed by atoms with Gasteiger partial charge in [0.2, 0.25) is 0 Å². The quantitative estimate of drug-likeness (QED) is 0.483. The number of rotatable bonds is 4. The second kappa shape index (κ2) is 5.55. The van der Waals surface area contributed by atoms with Crippen molar-refractivity contribution in [2.75, 3.05) is 12.4 Å². The molecular weight excluding hydrogens is 274 g/mol. The van der Waals surface area contributed by atoms with Crippen molar-refractivity contribution in [3.8, 4) is 5.75 Å². The molecule has 84 valence electrons. The van der Waals surface area contributed by atoms with E-state index in [0.29, 0.717) is 11.3 Å². The number of ketones is 1. The first-order valence-electron chi connectivity index (χ1n) is 4.42. The lowest BCUT2D eigenvalue weighted by Crippen LogP contribution is -2.05. The van der Waals surface area contributed by atoms with Crippen LogP contribution in [-0.2, 0) is 0 Å². The van der Waals surface area contributed by atoms with Crippen LogP contribution in [0.4, 0.5) is 0 Å². The van der Waals surface area contributed by atoms with Gasteiger partial charge in [0.05, 0.1) is 18.0 Å². The van der Waals surface area contributed by atoms with Crippen LogP contribution in [0.3, 0.4) is 0 Å². The number of hydrogen-bond donors (Lipinski definition) is 0. The summed E-state index contributed by atoms with van der Waals surface area (Å²) in [4.78, 5) is 26.2. The van der Waals surface area contributed by atoms with Gasteiger partial charge < -0.3 is 4.74 Å². The fourth-order valence-corrected chi connectivity index (χ4v) is 1.53. The van der Waals surface area contributed by atoms with Gasteiger partial charge in [-0.2, -0.15) is 0 Å². The van der Waals surface area contributed by atoms with E-state index in [1.54, 1.807) is 12.1 Å². The molecule has 0 radical (unpaired) electrons. The lowest BCUT2D eigenvalue weighted by molar-refractivity contribution is 0.100. The summed E-state index contributed by atoms with van der Waals surface area (Å²) in [5.74, 6) is -0.245. The Morgan fingerprint density at radius 3 is 2.69 bits per heavy atom. The molecule has 1 aromatic carbocycles. The zero-order valence-corrected chi connectivity index (χ0v) is 10.3. The van der Waals surface area contributed by atoms with Gasteiger partial charge in [-0.25, -0.2) is 4.99 Å². The molecule has 0 atom stereocenters. The van der Waals surface area contributed by atoms with E-state index in [1.807, 2.05) is 0 Å². The Balaban J connectivity index is 3.26. The Kier molecular flexibility index (Phi) is 4.37. The monoisotopic (exact) mass is 283 g/mol. The Hall–Kier alpha value is -1.49. The molecule has 0 saturated heterocycles. The molecule has 0 aliphatic rings. The molecule has 0 aliphatic heterocycles. The number of halogens is 1. The number of amides is 1. The maximum atomic E-state index is 11.4. The van der Waals surface area contributed by atoms with Crippen molar-refractivity contribution in [1.82, 2.24) is 0 Å². The average molecular weight is 284 g/mol. The van der Waals surface area contributed by atoms with Crippen LogP contribution < -0.4 is 4.74 Å². The molecule has 1 amide bonds. The van der Waals surface area contributed by atoms with Gasteiger partial charge >= 0.3 is 0 Å². The van der Waals surface area contributed by atoms with Gasteiger partial charge in [-0.3, -0.25) is 9.59 Å². The van der Waals surface area contributed by atoms with Crippen molar-refractivity contribution in [1.29, 1.82) is 0 Å². The average Bonchev–Trinajstić information content (AvgIpc) is 2.35. The SMILES string of the molecule is C=NC(=O)c1cc(C(=O)CBr)ccc1OC. The first kappa shape index (κ1) is 12.6. The summed E-state index contributed by atoms with van der Waals surface area (Å²) >= 11 is 3.06. The molecule has 0 N–H and O–H groups in total. The third kappa shape index (κ3) is 2.55. The molecule has 1 aromatic rings. The number of aliphatic imine (C=N–C) groups is 1. The van der Waals surface area contributed by atoms with E-state index in [9.17, 15) is 9.59 Å². The third-order valence-corrected chi connectivity index (χ3v) is 2.53. The van der Waals surface area contributed by atoms with E-state index >= 15 is 0 Å². The van der Waals surface area contributed by atoms with E-state index < -0.39 is 5.91 Å². The van der Waals surface area contributed by atoms with Crippen molar-refractivity contribution < 1.29 is 14.3 Å². The zero-order valence-electron chi connectivity index (χ0n) is 8.70. The second-order valence-corrected chi connectivity index (χ2v) is 3.50. The van der Waals surface area contributed by atoms with Crippen LogP contribution in [0.15, 0.2) is 23.2 Å². The summed E-state index contributed by atoms with van der Waals surface area (Å²) < 4.78 is 5.01. The number of carbonyl (C=O) groups excluding carboxylic acids is 2. The Morgan fingerprint density at radius 2 is 2.19 bits per heavy atom. The molecular formula is C11H10BrNO3. The standard InChI is InChI=1S/C11H10BrNO3/c1-13-11(15)8-5-7(9(14)6-12)3-4-10(8)16-2/h3-5H,1,6H2,2H3. The van der Waals surface area contributed by atoms with E-state index in [2.05, 4.69) is 27.6 Å². The zero-order chi connectivity index (χ0) is 12.1. The number of Topliss-reactive ketones (excluding diaryl/α,β-unsaturated/α-hetero) is 1. The lowest BCUT2D eigenvalue weighted by Gasteiger charge is -2.06. The van der Waals surface area contributed by atoms with Crippen LogP contribution >= 0.6 is 15.9 Å². The van der Waals surface area contributed by atoms with Crippen LogP contribution in [0.2, 0.25) is 0 Å². The highest BCUT2D eigenvalue weighted by molar-refractivity contribution is 9.09. The Bertz CT molecular complexity index is 443. The summed E-state index contributed by atoms with van der Waals surface area (Å²) in [5.41, 5.74) is 0.675. The highest BCUT2D eigenvalue weighted by Crippen LogP contribution is 2.21. The van der Waals surface area contributed by atoms with Crippen molar-refractivity contribution >= 4 is 34.3 Å². The normalized spacial score (nSPS) is 9.62. The highest BCUT2D eigenvalue weighted by Gasteiger charge is 2.14. The molecule has 0 aromatic heterocycles. The molecule has 1 rings (SSSR count). The number of nitrogens with zero attached hydrogens (tertiary/aromatic N) is 1. The number of benzene rings is 1. The maximum absolute atomic E-state index is 11.4. The van der Waals surface area contributed by atoms with E-state index in [4.69, 9.17) is 4.74 Å². The summed E-state index contributed by atoms with van der Waals surface area (Å²) in [6.07, 6.45) is 0. The molecule has 0 unspecified atom stereocenters. The molecule has 0 saturated carbocycles. The van der Waals surface area contributed by atoms with Crippen LogP contribution in [0, 0.1) is 0 Å². The lowest BCUT2D eigenvalue weighted by atomic mass is 10.1. The number of alkyl halides is 1. The van der Waals surface area contributed by atoms with Crippen LogP contribution in [-0.4, -0.2) is 30.8 Å². The first-order chi connectivity index (χ1) is 7.63. The van der Waals surface area contributed by atoms with Gasteiger partial charge in [-0.1, -0.05) is 15.9 Å². The minimum absolute atomic E-state index is 0.110. The number of ether oxygens (including phenoxy) is 1. The predicted octanol–water partition coefficient (Wildman–Crippen LogP) is 2.11. The van der Waals surface area contributed by atoms with Crippen LogP contribution in [0.25, 0.3) is 0 Å². The first-order valence-corrected chi connectivity index (χ1v) is 5.54. The van der Waals surface area contributed by atoms with Gasteiger partial charge in [0.25, 0.3) is 5.91 Å². The molecule has 4 nitrogen and oxygen atoms in total. The van der Waals surface area contributed by atoms with Gasteiger partial charge in [-0.15, -0.1) is 0 Å². The molecule has 16 heavy (non-hydrogen) atoms. The van der Waals surface area contributed by atoms with Crippen molar-refractivity contribution in [2.24, 2.45) is 4.99 Å². The minimum Gasteiger partial charge on any atom is -0.496 e.